The van der Waals surface area contributed by atoms with Crippen molar-refractivity contribution >= 4 is 28.0 Å². The van der Waals surface area contributed by atoms with Crippen LogP contribution in [0.1, 0.15) is 38.2 Å². The molecule has 3 nitrogen and oxygen atoms in total. The highest BCUT2D eigenvalue weighted by atomic mass is 16.3. The van der Waals surface area contributed by atoms with E-state index in [9.17, 15) is 0 Å². The number of hydrogen-bond donors (Lipinski definition) is 1. The maximum Gasteiger partial charge on any atom is 0.138 e. The van der Waals surface area contributed by atoms with Gasteiger partial charge in [-0.1, -0.05) is 31.9 Å². The molecule has 3 aromatic heterocycles. The largest absolute Gasteiger partial charge is 0.464 e. The molecule has 4 rings (SSSR count). The van der Waals surface area contributed by atoms with Crippen LogP contribution in [-0.2, 0) is 0 Å². The van der Waals surface area contributed by atoms with E-state index in [1.165, 1.54) is 24.6 Å². The van der Waals surface area contributed by atoms with Crippen LogP contribution < -0.4 is 0 Å². The number of allylic oxidation sites excluding steroid dienone is 1. The Kier molecular flexibility index (Phi) is 4.38. The van der Waals surface area contributed by atoms with Gasteiger partial charge in [-0.3, -0.25) is 0 Å². The first kappa shape index (κ1) is 15.7. The summed E-state index contributed by atoms with van der Waals surface area (Å²) in [5, 5.41) is 2.33. The Morgan fingerprint density at radius 3 is 2.92 bits per heavy atom. The van der Waals surface area contributed by atoms with Gasteiger partial charge in [-0.2, -0.15) is 0 Å². The minimum atomic E-state index is 0.885. The predicted octanol–water partition coefficient (Wildman–Crippen LogP) is 6.57. The number of benzene rings is 1. The molecule has 0 unspecified atom stereocenters. The molecule has 0 fully saturated rings. The number of nitrogens with one attached hydrogen (secondary N) is 1. The predicted molar refractivity (Wildman–Crippen MR) is 104 cm³/mol. The minimum Gasteiger partial charge on any atom is -0.464 e. The van der Waals surface area contributed by atoms with E-state index in [4.69, 9.17) is 4.42 Å². The minimum absolute atomic E-state index is 0.885. The molecule has 0 aliphatic carbocycles. The number of aromatic amines is 1. The number of fused-ring (bicyclic) bond motifs is 3. The van der Waals surface area contributed by atoms with Crippen LogP contribution in [0, 0.1) is 0 Å². The van der Waals surface area contributed by atoms with E-state index >= 15 is 0 Å². The molecule has 0 aliphatic rings. The highest BCUT2D eigenvalue weighted by Crippen LogP contribution is 2.30. The summed E-state index contributed by atoms with van der Waals surface area (Å²) in [4.78, 5) is 7.99. The topological polar surface area (TPSA) is 41.8 Å². The van der Waals surface area contributed by atoms with Gasteiger partial charge in [-0.15, -0.1) is 0 Å². The van der Waals surface area contributed by atoms with Crippen molar-refractivity contribution in [1.29, 1.82) is 0 Å². The molecule has 1 aromatic carbocycles. The van der Waals surface area contributed by atoms with Gasteiger partial charge in [0, 0.05) is 28.0 Å². The molecule has 0 saturated carbocycles. The van der Waals surface area contributed by atoms with Gasteiger partial charge in [0.05, 0.1) is 6.26 Å². The SMILES string of the molecule is CCCCCC=Cc1cnc2[nH]c3ccc(-c4ccco4)cc3c2c1. The lowest BCUT2D eigenvalue weighted by molar-refractivity contribution is 0.582. The van der Waals surface area contributed by atoms with E-state index < -0.39 is 0 Å². The Hall–Kier alpha value is -2.81. The number of unbranched alkanes of at least 4 members (excludes halogenated alkanes) is 3. The molecule has 0 saturated heterocycles. The van der Waals surface area contributed by atoms with Crippen LogP contribution in [0.2, 0.25) is 0 Å². The Labute approximate surface area is 147 Å². The third kappa shape index (κ3) is 3.22. The van der Waals surface area contributed by atoms with Gasteiger partial charge in [-0.05, 0) is 54.8 Å². The average molecular weight is 330 g/mol. The Balaban J connectivity index is 1.70. The number of pyridine rings is 1. The third-order valence-corrected chi connectivity index (χ3v) is 4.56. The van der Waals surface area contributed by atoms with Crippen molar-refractivity contribution in [3.05, 3.63) is 60.5 Å². The first-order valence-electron chi connectivity index (χ1n) is 8.97. The summed E-state index contributed by atoms with van der Waals surface area (Å²) < 4.78 is 5.53. The number of furan rings is 1. The van der Waals surface area contributed by atoms with E-state index in [0.717, 1.165) is 39.9 Å². The molecule has 3 heteroatoms. The zero-order valence-electron chi connectivity index (χ0n) is 14.5. The van der Waals surface area contributed by atoms with Crippen molar-refractivity contribution in [2.75, 3.05) is 0 Å². The second-order valence-corrected chi connectivity index (χ2v) is 6.43. The summed E-state index contributed by atoms with van der Waals surface area (Å²) in [6, 6.07) is 12.4. The smallest absolute Gasteiger partial charge is 0.138 e. The number of H-pyrrole nitrogens is 1. The zero-order chi connectivity index (χ0) is 17.1. The van der Waals surface area contributed by atoms with Crippen LogP contribution in [0.5, 0.6) is 0 Å². The van der Waals surface area contributed by atoms with E-state index in [2.05, 4.69) is 53.3 Å². The molecule has 1 N–H and O–H groups in total. The molecule has 0 aliphatic heterocycles. The zero-order valence-corrected chi connectivity index (χ0v) is 14.5. The van der Waals surface area contributed by atoms with E-state index in [1.807, 2.05) is 18.3 Å². The van der Waals surface area contributed by atoms with Crippen molar-refractivity contribution in [1.82, 2.24) is 9.97 Å². The molecule has 4 aromatic rings. The molecule has 0 spiro atoms. The van der Waals surface area contributed by atoms with Crippen molar-refractivity contribution in [3.63, 3.8) is 0 Å². The molecule has 0 amide bonds. The summed E-state index contributed by atoms with van der Waals surface area (Å²) in [6.45, 7) is 2.23. The van der Waals surface area contributed by atoms with Crippen LogP contribution in [0.3, 0.4) is 0 Å². The lowest BCUT2D eigenvalue weighted by Crippen LogP contribution is -1.79. The summed E-state index contributed by atoms with van der Waals surface area (Å²) in [5.74, 6) is 0.885. The maximum absolute atomic E-state index is 5.53. The van der Waals surface area contributed by atoms with E-state index in [-0.39, 0.29) is 0 Å². The van der Waals surface area contributed by atoms with Crippen molar-refractivity contribution in [2.24, 2.45) is 0 Å². The summed E-state index contributed by atoms with van der Waals surface area (Å²) >= 11 is 0. The van der Waals surface area contributed by atoms with Gasteiger partial charge < -0.3 is 9.40 Å². The molecule has 3 heterocycles. The molecular formula is C22H22N2O. The number of rotatable bonds is 6. The van der Waals surface area contributed by atoms with Gasteiger partial charge in [-0.25, -0.2) is 4.98 Å². The lowest BCUT2D eigenvalue weighted by atomic mass is 10.1. The summed E-state index contributed by atoms with van der Waals surface area (Å²) in [5.41, 5.74) is 4.25. The number of nitrogens with zero attached hydrogens (tertiary/aromatic N) is 1. The summed E-state index contributed by atoms with van der Waals surface area (Å²) in [7, 11) is 0. The van der Waals surface area contributed by atoms with Gasteiger partial charge >= 0.3 is 0 Å². The first-order valence-corrected chi connectivity index (χ1v) is 8.97. The van der Waals surface area contributed by atoms with Crippen molar-refractivity contribution in [3.8, 4) is 11.3 Å². The molecule has 126 valence electrons. The molecular weight excluding hydrogens is 308 g/mol. The monoisotopic (exact) mass is 330 g/mol. The second-order valence-electron chi connectivity index (χ2n) is 6.43. The van der Waals surface area contributed by atoms with Crippen molar-refractivity contribution in [2.45, 2.75) is 32.6 Å². The number of hydrogen-bond acceptors (Lipinski definition) is 2. The second kappa shape index (κ2) is 6.98. The van der Waals surface area contributed by atoms with Gasteiger partial charge in [0.15, 0.2) is 0 Å². The van der Waals surface area contributed by atoms with Gasteiger partial charge in [0.25, 0.3) is 0 Å². The summed E-state index contributed by atoms with van der Waals surface area (Å²) in [6.07, 6.45) is 13.0. The standard InChI is InChI=1S/C22H22N2O/c1-2-3-4-5-6-8-16-13-19-18-14-17(21-9-7-12-25-21)10-11-20(18)24-22(19)23-15-16/h6-15H,2-5H2,1H3,(H,23,24). The third-order valence-electron chi connectivity index (χ3n) is 4.56. The Bertz CT molecular complexity index is 1010. The molecule has 25 heavy (non-hydrogen) atoms. The highest BCUT2D eigenvalue weighted by Gasteiger charge is 2.08. The van der Waals surface area contributed by atoms with E-state index in [1.54, 1.807) is 6.26 Å². The fourth-order valence-electron chi connectivity index (χ4n) is 3.21. The van der Waals surface area contributed by atoms with Gasteiger partial charge in [0.2, 0.25) is 0 Å². The van der Waals surface area contributed by atoms with Crippen LogP contribution in [-0.4, -0.2) is 9.97 Å². The molecule has 0 bridgehead atoms. The quantitative estimate of drug-likeness (QED) is 0.406. The lowest BCUT2D eigenvalue weighted by Gasteiger charge is -1.98. The van der Waals surface area contributed by atoms with Crippen LogP contribution in [0.15, 0.2) is 59.4 Å². The Morgan fingerprint density at radius 2 is 2.08 bits per heavy atom. The maximum atomic E-state index is 5.53. The molecule has 0 radical (unpaired) electrons. The van der Waals surface area contributed by atoms with Gasteiger partial charge in [0.1, 0.15) is 11.4 Å². The van der Waals surface area contributed by atoms with Crippen LogP contribution in [0.4, 0.5) is 0 Å². The molecule has 0 atom stereocenters. The van der Waals surface area contributed by atoms with E-state index in [0.29, 0.717) is 0 Å². The highest BCUT2D eigenvalue weighted by molar-refractivity contribution is 6.07. The fraction of sp³-hybridized carbons (Fsp3) is 0.227. The van der Waals surface area contributed by atoms with Crippen molar-refractivity contribution < 1.29 is 4.42 Å². The van der Waals surface area contributed by atoms with Crippen LogP contribution in [0.25, 0.3) is 39.3 Å². The fourth-order valence-corrected chi connectivity index (χ4v) is 3.21. The average Bonchev–Trinajstić information content (AvgIpc) is 3.28. The Morgan fingerprint density at radius 1 is 1.12 bits per heavy atom. The first-order chi connectivity index (χ1) is 12.3. The van der Waals surface area contributed by atoms with Crippen LogP contribution >= 0.6 is 0 Å². The number of aromatic nitrogens is 2. The normalized spacial score (nSPS) is 11.9.